The van der Waals surface area contributed by atoms with Crippen LogP contribution >= 0.6 is 15.9 Å². The van der Waals surface area contributed by atoms with Crippen LogP contribution in [0, 0.1) is 0 Å². The third-order valence-electron chi connectivity index (χ3n) is 3.24. The highest BCUT2D eigenvalue weighted by atomic mass is 79.9. The maximum Gasteiger partial charge on any atom is 0.142 e. The molecule has 0 amide bonds. The van der Waals surface area contributed by atoms with E-state index in [4.69, 9.17) is 5.73 Å². The van der Waals surface area contributed by atoms with E-state index in [0.717, 1.165) is 35.3 Å². The molecule has 3 rings (SSSR count). The fourth-order valence-corrected chi connectivity index (χ4v) is 2.98. The van der Waals surface area contributed by atoms with Crippen molar-refractivity contribution in [3.63, 3.8) is 0 Å². The first-order chi connectivity index (χ1) is 8.27. The van der Waals surface area contributed by atoms with Crippen LogP contribution in [0.1, 0.15) is 24.7 Å². The zero-order valence-electron chi connectivity index (χ0n) is 9.44. The number of halogens is 1. The first-order valence-corrected chi connectivity index (χ1v) is 6.64. The molecule has 1 aliphatic rings. The molecule has 0 aliphatic carbocycles. The molecule has 4 heteroatoms. The quantitative estimate of drug-likeness (QED) is 0.877. The smallest absolute Gasteiger partial charge is 0.142 e. The number of nitrogens with zero attached hydrogens (tertiary/aromatic N) is 2. The Hall–Kier alpha value is -1.13. The van der Waals surface area contributed by atoms with Crippen molar-refractivity contribution >= 4 is 15.9 Å². The van der Waals surface area contributed by atoms with Gasteiger partial charge in [-0.2, -0.15) is 0 Å². The third kappa shape index (κ3) is 1.81. The van der Waals surface area contributed by atoms with E-state index in [1.807, 2.05) is 18.2 Å². The zero-order valence-corrected chi connectivity index (χ0v) is 11.0. The van der Waals surface area contributed by atoms with Gasteiger partial charge in [-0.1, -0.05) is 30.3 Å². The van der Waals surface area contributed by atoms with Crippen LogP contribution in [0.5, 0.6) is 0 Å². The van der Waals surface area contributed by atoms with Crippen LogP contribution in [0.3, 0.4) is 0 Å². The second-order valence-corrected chi connectivity index (χ2v) is 5.12. The molecule has 0 fully saturated rings. The summed E-state index contributed by atoms with van der Waals surface area (Å²) in [5.74, 6) is 0.972. The van der Waals surface area contributed by atoms with Gasteiger partial charge < -0.3 is 10.3 Å². The molecular weight excluding hydrogens is 278 g/mol. The summed E-state index contributed by atoms with van der Waals surface area (Å²) in [5.41, 5.74) is 8.55. The Morgan fingerprint density at radius 1 is 1.29 bits per heavy atom. The Kier molecular flexibility index (Phi) is 2.76. The fourth-order valence-electron chi connectivity index (χ4n) is 2.42. The van der Waals surface area contributed by atoms with E-state index in [1.54, 1.807) is 0 Å². The van der Waals surface area contributed by atoms with Crippen molar-refractivity contribution in [2.75, 3.05) is 0 Å². The van der Waals surface area contributed by atoms with Gasteiger partial charge in [-0.25, -0.2) is 4.98 Å². The van der Waals surface area contributed by atoms with Gasteiger partial charge in [0.1, 0.15) is 10.4 Å². The monoisotopic (exact) mass is 291 g/mol. The highest BCUT2D eigenvalue weighted by Crippen LogP contribution is 2.33. The number of nitrogens with two attached hydrogens (primary N) is 1. The normalized spacial score (nSPS) is 19.1. The molecule has 2 heterocycles. The summed E-state index contributed by atoms with van der Waals surface area (Å²) in [4.78, 5) is 4.61. The number of hydrogen-bond acceptors (Lipinski definition) is 2. The van der Waals surface area contributed by atoms with E-state index in [2.05, 4.69) is 37.6 Å². The van der Waals surface area contributed by atoms with Crippen molar-refractivity contribution in [1.29, 1.82) is 0 Å². The third-order valence-corrected chi connectivity index (χ3v) is 3.87. The average molecular weight is 292 g/mol. The molecule has 1 aromatic carbocycles. The van der Waals surface area contributed by atoms with Crippen LogP contribution in [-0.2, 0) is 6.42 Å². The lowest BCUT2D eigenvalue weighted by molar-refractivity contribution is 0.417. The minimum atomic E-state index is 0.0488. The van der Waals surface area contributed by atoms with E-state index in [1.165, 1.54) is 5.69 Å². The minimum absolute atomic E-state index is 0.0488. The molecule has 0 radical (unpaired) electrons. The van der Waals surface area contributed by atoms with Crippen LogP contribution in [0.25, 0.3) is 11.4 Å². The zero-order chi connectivity index (χ0) is 11.8. The standard InChI is InChI=1S/C13H14BrN3/c14-12-10-7-4-8-11(15)17(10)13(16-12)9-5-2-1-3-6-9/h1-3,5-6,11H,4,7-8,15H2. The fraction of sp³-hybridized carbons (Fsp3) is 0.308. The van der Waals surface area contributed by atoms with E-state index in [9.17, 15) is 0 Å². The Morgan fingerprint density at radius 3 is 2.82 bits per heavy atom. The molecule has 1 atom stereocenters. The lowest BCUT2D eigenvalue weighted by Gasteiger charge is -2.24. The Labute approximate surface area is 109 Å². The summed E-state index contributed by atoms with van der Waals surface area (Å²) in [7, 11) is 0. The molecule has 2 N–H and O–H groups in total. The Morgan fingerprint density at radius 2 is 2.06 bits per heavy atom. The summed E-state index contributed by atoms with van der Waals surface area (Å²) in [6, 6.07) is 10.2. The summed E-state index contributed by atoms with van der Waals surface area (Å²) >= 11 is 3.54. The summed E-state index contributed by atoms with van der Waals surface area (Å²) in [6.07, 6.45) is 3.26. The first kappa shape index (κ1) is 11.0. The predicted octanol–water partition coefficient (Wildman–Crippen LogP) is 3.11. The Balaban J connectivity index is 2.18. The van der Waals surface area contributed by atoms with Crippen molar-refractivity contribution in [2.45, 2.75) is 25.4 Å². The number of aromatic nitrogens is 2. The highest BCUT2D eigenvalue weighted by molar-refractivity contribution is 9.10. The van der Waals surface area contributed by atoms with Gasteiger partial charge in [0.25, 0.3) is 0 Å². The van der Waals surface area contributed by atoms with Gasteiger partial charge in [0.15, 0.2) is 0 Å². The van der Waals surface area contributed by atoms with Gasteiger partial charge in [0.05, 0.1) is 11.9 Å². The lowest BCUT2D eigenvalue weighted by Crippen LogP contribution is -2.25. The van der Waals surface area contributed by atoms with Crippen LogP contribution in [0.2, 0.25) is 0 Å². The molecule has 88 valence electrons. The van der Waals surface area contributed by atoms with Crippen LogP contribution in [-0.4, -0.2) is 9.55 Å². The molecule has 1 unspecified atom stereocenters. The average Bonchev–Trinajstić information content (AvgIpc) is 2.70. The number of hydrogen-bond donors (Lipinski definition) is 1. The van der Waals surface area contributed by atoms with E-state index < -0.39 is 0 Å². The van der Waals surface area contributed by atoms with Crippen molar-refractivity contribution in [1.82, 2.24) is 9.55 Å². The highest BCUT2D eigenvalue weighted by Gasteiger charge is 2.24. The van der Waals surface area contributed by atoms with Crippen molar-refractivity contribution < 1.29 is 0 Å². The number of benzene rings is 1. The molecular formula is C13H14BrN3. The lowest BCUT2D eigenvalue weighted by atomic mass is 10.1. The maximum atomic E-state index is 6.20. The largest absolute Gasteiger partial charge is 0.311 e. The molecule has 0 saturated carbocycles. The van der Waals surface area contributed by atoms with Gasteiger partial charge in [-0.3, -0.25) is 0 Å². The maximum absolute atomic E-state index is 6.20. The SMILES string of the molecule is NC1CCCc2c(Br)nc(-c3ccccc3)n21. The molecule has 0 saturated heterocycles. The molecule has 0 bridgehead atoms. The summed E-state index contributed by atoms with van der Waals surface area (Å²) < 4.78 is 3.11. The molecule has 1 aromatic heterocycles. The van der Waals surface area contributed by atoms with Gasteiger partial charge in [-0.15, -0.1) is 0 Å². The van der Waals surface area contributed by atoms with Gasteiger partial charge >= 0.3 is 0 Å². The second kappa shape index (κ2) is 4.27. The predicted molar refractivity (Wildman–Crippen MR) is 71.5 cm³/mol. The van der Waals surface area contributed by atoms with E-state index >= 15 is 0 Å². The van der Waals surface area contributed by atoms with Crippen molar-refractivity contribution in [2.24, 2.45) is 5.73 Å². The van der Waals surface area contributed by atoms with Gasteiger partial charge in [0, 0.05) is 5.56 Å². The van der Waals surface area contributed by atoms with Gasteiger partial charge in [-0.05, 0) is 35.2 Å². The van der Waals surface area contributed by atoms with Crippen LogP contribution in [0.4, 0.5) is 0 Å². The second-order valence-electron chi connectivity index (χ2n) is 4.37. The molecule has 3 nitrogen and oxygen atoms in total. The van der Waals surface area contributed by atoms with Crippen molar-refractivity contribution in [3.05, 3.63) is 40.6 Å². The van der Waals surface area contributed by atoms with Crippen molar-refractivity contribution in [3.8, 4) is 11.4 Å². The molecule has 17 heavy (non-hydrogen) atoms. The molecule has 2 aromatic rings. The minimum Gasteiger partial charge on any atom is -0.311 e. The van der Waals surface area contributed by atoms with Crippen LogP contribution in [0.15, 0.2) is 34.9 Å². The number of fused-ring (bicyclic) bond motifs is 1. The number of rotatable bonds is 1. The van der Waals surface area contributed by atoms with E-state index in [0.29, 0.717) is 0 Å². The van der Waals surface area contributed by atoms with Crippen LogP contribution < -0.4 is 5.73 Å². The van der Waals surface area contributed by atoms with Gasteiger partial charge in [0.2, 0.25) is 0 Å². The van der Waals surface area contributed by atoms with E-state index in [-0.39, 0.29) is 6.17 Å². The summed E-state index contributed by atoms with van der Waals surface area (Å²) in [5, 5.41) is 0. The number of imidazole rings is 1. The summed E-state index contributed by atoms with van der Waals surface area (Å²) in [6.45, 7) is 0. The Bertz CT molecular complexity index is 533. The first-order valence-electron chi connectivity index (χ1n) is 5.85. The molecule has 1 aliphatic heterocycles. The topological polar surface area (TPSA) is 43.8 Å². The molecule has 0 spiro atoms.